The minimum Gasteiger partial charge on any atom is -0.376 e. The molecule has 8 heteroatoms. The lowest BCUT2D eigenvalue weighted by Gasteiger charge is -2.35. The van der Waals surface area contributed by atoms with Gasteiger partial charge in [-0.1, -0.05) is 50.8 Å². The molecule has 1 aliphatic heterocycles. The van der Waals surface area contributed by atoms with E-state index in [9.17, 15) is 19.0 Å². The second kappa shape index (κ2) is 8.69. The summed E-state index contributed by atoms with van der Waals surface area (Å²) in [6, 6.07) is 7.18. The number of carbonyl (C=O) groups is 1. The fourth-order valence-corrected chi connectivity index (χ4v) is 4.27. The minimum atomic E-state index is -3.14. The Morgan fingerprint density at radius 2 is 1.73 bits per heavy atom. The average Bonchev–Trinajstić information content (AvgIpc) is 2.77. The zero-order valence-electron chi connectivity index (χ0n) is 15.9. The number of hydrogen-bond acceptors (Lipinski definition) is 6. The van der Waals surface area contributed by atoms with Crippen molar-refractivity contribution in [2.75, 3.05) is 19.6 Å². The molecule has 1 atom stereocenters. The molecule has 7 nitrogen and oxygen atoms in total. The number of aliphatic hydroxyl groups excluding tert-OH is 1. The van der Waals surface area contributed by atoms with Crippen LogP contribution in [0.15, 0.2) is 24.3 Å². The summed E-state index contributed by atoms with van der Waals surface area (Å²) in [6.07, 6.45) is -0.957. The minimum absolute atomic E-state index is 0.0153. The van der Waals surface area contributed by atoms with Crippen LogP contribution < -0.4 is 4.72 Å². The largest absolute Gasteiger partial charge is 0.376 e. The van der Waals surface area contributed by atoms with E-state index in [0.29, 0.717) is 17.4 Å². The van der Waals surface area contributed by atoms with Gasteiger partial charge < -0.3 is 10.0 Å². The monoisotopic (exact) mass is 385 g/mol. The lowest BCUT2D eigenvalue weighted by atomic mass is 10.1. The molecule has 1 aromatic carbocycles. The van der Waals surface area contributed by atoms with Crippen LogP contribution in [0.5, 0.6) is 0 Å². The lowest BCUT2D eigenvalue weighted by Crippen LogP contribution is -2.37. The predicted octanol–water partition coefficient (Wildman–Crippen LogP) is 2.75. The van der Waals surface area contributed by atoms with E-state index in [0.717, 1.165) is 18.7 Å². The highest BCUT2D eigenvalue weighted by Gasteiger charge is 2.34. The SMILES string of the molecule is CC(C)CN(CC(C)C)C(=O)c1ccc(CN2CC(O)NS2(O)O)cc1. The molecule has 0 bridgehead atoms. The molecule has 1 aromatic rings. The molecule has 1 heterocycles. The maximum absolute atomic E-state index is 12.8. The van der Waals surface area contributed by atoms with Gasteiger partial charge in [0, 0.05) is 25.2 Å². The van der Waals surface area contributed by atoms with Gasteiger partial charge in [0.2, 0.25) is 0 Å². The van der Waals surface area contributed by atoms with Crippen molar-refractivity contribution in [2.45, 2.75) is 40.5 Å². The summed E-state index contributed by atoms with van der Waals surface area (Å²) in [5.74, 6) is 0.814. The van der Waals surface area contributed by atoms with Crippen LogP contribution in [-0.2, 0) is 6.54 Å². The summed E-state index contributed by atoms with van der Waals surface area (Å²) in [4.78, 5) is 14.7. The van der Waals surface area contributed by atoms with Crippen molar-refractivity contribution >= 4 is 16.9 Å². The van der Waals surface area contributed by atoms with Gasteiger partial charge in [-0.2, -0.15) is 9.03 Å². The fraction of sp³-hybridized carbons (Fsp3) is 0.611. The molecule has 1 fully saturated rings. The van der Waals surface area contributed by atoms with E-state index in [1.54, 1.807) is 12.1 Å². The molecule has 4 N–H and O–H groups in total. The van der Waals surface area contributed by atoms with Crippen molar-refractivity contribution in [3.63, 3.8) is 0 Å². The van der Waals surface area contributed by atoms with Crippen LogP contribution in [0.3, 0.4) is 0 Å². The molecule has 1 aliphatic rings. The third-order valence-electron chi connectivity index (χ3n) is 4.05. The Morgan fingerprint density at radius 3 is 2.15 bits per heavy atom. The van der Waals surface area contributed by atoms with Crippen LogP contribution in [0, 0.1) is 11.8 Å². The number of nitrogens with one attached hydrogen (secondary N) is 1. The number of hydrogen-bond donors (Lipinski definition) is 4. The number of carbonyl (C=O) groups excluding carboxylic acids is 1. The van der Waals surface area contributed by atoms with Crippen LogP contribution in [0.1, 0.15) is 43.6 Å². The van der Waals surface area contributed by atoms with Crippen LogP contribution in [0.4, 0.5) is 0 Å². The number of amides is 1. The van der Waals surface area contributed by atoms with Crippen molar-refractivity contribution in [1.29, 1.82) is 0 Å². The first-order chi connectivity index (χ1) is 12.1. The number of aliphatic hydroxyl groups is 1. The Kier molecular flexibility index (Phi) is 7.06. The predicted molar refractivity (Wildman–Crippen MR) is 104 cm³/mol. The van der Waals surface area contributed by atoms with E-state index in [4.69, 9.17) is 0 Å². The van der Waals surface area contributed by atoms with Crippen LogP contribution in [0.25, 0.3) is 0 Å². The van der Waals surface area contributed by atoms with E-state index >= 15 is 0 Å². The van der Waals surface area contributed by atoms with Gasteiger partial charge in [0.05, 0.1) is 6.54 Å². The Hall–Kier alpha value is -1.16. The van der Waals surface area contributed by atoms with Gasteiger partial charge in [-0.3, -0.25) is 13.9 Å². The molecule has 0 saturated carbocycles. The first-order valence-electron chi connectivity index (χ1n) is 8.95. The molecule has 26 heavy (non-hydrogen) atoms. The number of β-amino-alcohol motifs (C(OH)–C–C–N with tert-alkyl or cyclic N) is 1. The Balaban J connectivity index is 2.06. The van der Waals surface area contributed by atoms with E-state index in [-0.39, 0.29) is 19.0 Å². The topological polar surface area (TPSA) is 96.3 Å². The molecule has 0 radical (unpaired) electrons. The van der Waals surface area contributed by atoms with Gasteiger partial charge in [-0.25, -0.2) is 0 Å². The number of nitrogens with zero attached hydrogens (tertiary/aromatic N) is 2. The number of benzene rings is 1. The number of rotatable bonds is 7. The average molecular weight is 386 g/mol. The quantitative estimate of drug-likeness (QED) is 0.576. The third kappa shape index (κ3) is 5.67. The van der Waals surface area contributed by atoms with E-state index in [1.165, 1.54) is 4.31 Å². The summed E-state index contributed by atoms with van der Waals surface area (Å²) < 4.78 is 23.6. The van der Waals surface area contributed by atoms with Crippen molar-refractivity contribution < 1.29 is 19.0 Å². The smallest absolute Gasteiger partial charge is 0.253 e. The molecule has 1 amide bonds. The van der Waals surface area contributed by atoms with E-state index in [2.05, 4.69) is 32.4 Å². The Morgan fingerprint density at radius 1 is 1.19 bits per heavy atom. The highest BCUT2D eigenvalue weighted by atomic mass is 32.3. The maximum Gasteiger partial charge on any atom is 0.253 e. The molecule has 0 aliphatic carbocycles. The Bertz CT molecular complexity index is 597. The van der Waals surface area contributed by atoms with E-state index < -0.39 is 17.2 Å². The van der Waals surface area contributed by atoms with Crippen molar-refractivity contribution in [1.82, 2.24) is 13.9 Å². The van der Waals surface area contributed by atoms with Gasteiger partial charge >= 0.3 is 0 Å². The first-order valence-corrected chi connectivity index (χ1v) is 10.5. The normalized spacial score (nSPS) is 21.3. The first kappa shape index (κ1) is 21.1. The highest BCUT2D eigenvalue weighted by Crippen LogP contribution is 2.44. The van der Waals surface area contributed by atoms with Gasteiger partial charge in [0.25, 0.3) is 5.91 Å². The second-order valence-corrected chi connectivity index (χ2v) is 9.46. The van der Waals surface area contributed by atoms with Crippen molar-refractivity contribution in [3.8, 4) is 0 Å². The summed E-state index contributed by atoms with van der Waals surface area (Å²) in [7, 11) is -3.14. The van der Waals surface area contributed by atoms with Gasteiger partial charge in [-0.15, -0.1) is 0 Å². The van der Waals surface area contributed by atoms with Gasteiger partial charge in [0.1, 0.15) is 6.23 Å². The molecule has 0 spiro atoms. The molecular formula is C18H31N3O4S. The summed E-state index contributed by atoms with van der Waals surface area (Å²) >= 11 is 0. The lowest BCUT2D eigenvalue weighted by molar-refractivity contribution is 0.0715. The second-order valence-electron chi connectivity index (χ2n) is 7.67. The highest BCUT2D eigenvalue weighted by molar-refractivity contribution is 8.20. The van der Waals surface area contributed by atoms with Crippen LogP contribution in [0.2, 0.25) is 0 Å². The molecule has 148 valence electrons. The zero-order valence-corrected chi connectivity index (χ0v) is 16.7. The molecule has 1 unspecified atom stereocenters. The summed E-state index contributed by atoms with van der Waals surface area (Å²) in [6.45, 7) is 10.2. The van der Waals surface area contributed by atoms with Gasteiger partial charge in [0.15, 0.2) is 0 Å². The molecular weight excluding hydrogens is 354 g/mol. The standard InChI is InChI=1S/C18H31N3O4S/c1-13(2)9-20(10-14(3)4)18(23)16-7-5-15(6-8-16)11-21-12-17(22)19-26(21,24)25/h5-8,13-14,17,19,22,24-25H,9-12H2,1-4H3. The summed E-state index contributed by atoms with van der Waals surface area (Å²) in [5, 5.41) is 9.53. The zero-order chi connectivity index (χ0) is 19.5. The molecule has 1 saturated heterocycles. The molecule has 2 rings (SSSR count). The van der Waals surface area contributed by atoms with Gasteiger partial charge in [-0.05, 0) is 29.5 Å². The van der Waals surface area contributed by atoms with Crippen molar-refractivity contribution in [3.05, 3.63) is 35.4 Å². The van der Waals surface area contributed by atoms with Crippen LogP contribution >= 0.6 is 11.0 Å². The third-order valence-corrected chi connectivity index (χ3v) is 5.64. The summed E-state index contributed by atoms with van der Waals surface area (Å²) in [5.41, 5.74) is 1.47. The Labute approximate surface area is 157 Å². The molecule has 0 aromatic heterocycles. The van der Waals surface area contributed by atoms with Crippen LogP contribution in [-0.4, -0.2) is 55.2 Å². The maximum atomic E-state index is 12.8. The van der Waals surface area contributed by atoms with Crippen molar-refractivity contribution in [2.24, 2.45) is 11.8 Å². The fourth-order valence-electron chi connectivity index (χ4n) is 3.01. The van der Waals surface area contributed by atoms with E-state index in [1.807, 2.05) is 17.0 Å².